The molecule has 0 aromatic heterocycles. The summed E-state index contributed by atoms with van der Waals surface area (Å²) >= 11 is 0. The minimum atomic E-state index is -3.41. The molecule has 0 spiro atoms. The summed E-state index contributed by atoms with van der Waals surface area (Å²) in [5.41, 5.74) is 0.985. The molecule has 1 aromatic carbocycles. The van der Waals surface area contributed by atoms with Crippen LogP contribution in [0.25, 0.3) is 0 Å². The first-order valence-corrected chi connectivity index (χ1v) is 10.4. The van der Waals surface area contributed by atoms with Crippen LogP contribution in [-0.2, 0) is 21.2 Å². The average Bonchev–Trinajstić information content (AvgIpc) is 2.91. The zero-order valence-corrected chi connectivity index (χ0v) is 15.8. The van der Waals surface area contributed by atoms with E-state index in [4.69, 9.17) is 0 Å². The molecule has 3 aliphatic rings. The number of hydrogen-bond donors (Lipinski definition) is 1. The second kappa shape index (κ2) is 7.43. The van der Waals surface area contributed by atoms with Crippen LogP contribution < -0.4 is 4.72 Å². The molecule has 4 rings (SSSR count). The van der Waals surface area contributed by atoms with Gasteiger partial charge >= 0.3 is 0 Å². The predicted octanol–water partition coefficient (Wildman–Crippen LogP) is 1.08. The van der Waals surface area contributed by atoms with Crippen molar-refractivity contribution in [2.45, 2.75) is 36.6 Å². The summed E-state index contributed by atoms with van der Waals surface area (Å²) in [6.45, 7) is 2.81. The lowest BCUT2D eigenvalue weighted by atomic mass is 9.96. The van der Waals surface area contributed by atoms with Crippen molar-refractivity contribution < 1.29 is 13.2 Å². The van der Waals surface area contributed by atoms with Gasteiger partial charge in [0.2, 0.25) is 15.9 Å². The molecule has 25 heavy (non-hydrogen) atoms. The Kier molecular flexibility index (Phi) is 5.46. The van der Waals surface area contributed by atoms with Gasteiger partial charge in [-0.1, -0.05) is 12.1 Å². The molecule has 2 atom stereocenters. The largest absolute Gasteiger partial charge is 0.341 e. The van der Waals surface area contributed by atoms with Crippen molar-refractivity contribution in [1.29, 1.82) is 0 Å². The Morgan fingerprint density at radius 1 is 1.16 bits per heavy atom. The summed E-state index contributed by atoms with van der Waals surface area (Å²) in [4.78, 5) is 17.3. The summed E-state index contributed by atoms with van der Waals surface area (Å²) in [5, 5.41) is 0. The first-order chi connectivity index (χ1) is 11.9. The highest BCUT2D eigenvalue weighted by atomic mass is 32.2. The summed E-state index contributed by atoms with van der Waals surface area (Å²) in [7, 11) is 0.147. The molecule has 6 nitrogen and oxygen atoms in total. The maximum absolute atomic E-state index is 12.6. The number of sulfonamides is 1. The number of piperidine rings is 1. The summed E-state index contributed by atoms with van der Waals surface area (Å²) in [6, 6.07) is 7.25. The van der Waals surface area contributed by atoms with E-state index >= 15 is 0 Å². The Morgan fingerprint density at radius 2 is 1.88 bits per heavy atom. The number of carbonyl (C=O) groups excluding carboxylic acids is 1. The van der Waals surface area contributed by atoms with Gasteiger partial charge in [0.15, 0.2) is 0 Å². The predicted molar refractivity (Wildman–Crippen MR) is 96.7 cm³/mol. The van der Waals surface area contributed by atoms with Crippen molar-refractivity contribution >= 4 is 15.9 Å². The zero-order chi connectivity index (χ0) is 18.0. The molecule has 3 fully saturated rings. The van der Waals surface area contributed by atoms with Gasteiger partial charge in [0.05, 0.1) is 4.90 Å². The van der Waals surface area contributed by atoms with E-state index in [9.17, 15) is 13.2 Å². The highest BCUT2D eigenvalue weighted by Crippen LogP contribution is 2.27. The Hall–Kier alpha value is -1.44. The number of aryl methyl sites for hydroxylation is 1. The van der Waals surface area contributed by atoms with Crippen LogP contribution in [0.3, 0.4) is 0 Å². The molecule has 3 aliphatic heterocycles. The fourth-order valence-electron chi connectivity index (χ4n) is 3.88. The minimum absolute atomic E-state index is 0.208. The first kappa shape index (κ1) is 18.4. The minimum Gasteiger partial charge on any atom is -0.341 e. The third-order valence-electron chi connectivity index (χ3n) is 5.47. The molecule has 7 heteroatoms. The van der Waals surface area contributed by atoms with Gasteiger partial charge in [-0.15, -0.1) is 0 Å². The first-order valence-electron chi connectivity index (χ1n) is 8.89. The van der Waals surface area contributed by atoms with Crippen molar-refractivity contribution in [3.05, 3.63) is 29.8 Å². The van der Waals surface area contributed by atoms with Gasteiger partial charge in [0, 0.05) is 32.1 Å². The fraction of sp³-hybridized carbons (Fsp3) is 0.611. The maximum Gasteiger partial charge on any atom is 0.240 e. The molecule has 0 radical (unpaired) electrons. The van der Waals surface area contributed by atoms with Gasteiger partial charge in [-0.2, -0.15) is 0 Å². The number of nitrogens with one attached hydrogen (secondary N) is 1. The number of fused-ring (bicyclic) bond motifs is 4. The number of nitrogens with zero attached hydrogens (tertiary/aromatic N) is 2. The molecule has 3 saturated heterocycles. The molecule has 3 heterocycles. The van der Waals surface area contributed by atoms with Crippen LogP contribution in [0.1, 0.15) is 24.8 Å². The second-order valence-corrected chi connectivity index (χ2v) is 9.07. The van der Waals surface area contributed by atoms with Gasteiger partial charge in [-0.3, -0.25) is 4.79 Å². The van der Waals surface area contributed by atoms with E-state index in [1.165, 1.54) is 19.9 Å². The van der Waals surface area contributed by atoms with Crippen LogP contribution in [-0.4, -0.2) is 63.9 Å². The number of hydrogen-bond acceptors (Lipinski definition) is 4. The molecule has 1 aromatic rings. The van der Waals surface area contributed by atoms with Gasteiger partial charge in [-0.05, 0) is 57.0 Å². The van der Waals surface area contributed by atoms with Crippen LogP contribution in [0, 0.1) is 5.92 Å². The number of amides is 1. The number of likely N-dealkylation sites (N-methyl/N-ethyl adjacent to an activating group) is 1. The molecule has 2 bridgehead atoms. The summed E-state index contributed by atoms with van der Waals surface area (Å²) < 4.78 is 25.8. The van der Waals surface area contributed by atoms with Gasteiger partial charge in [-0.25, -0.2) is 13.1 Å². The van der Waals surface area contributed by atoms with Gasteiger partial charge < -0.3 is 9.80 Å². The van der Waals surface area contributed by atoms with Crippen molar-refractivity contribution in [1.82, 2.24) is 14.5 Å². The lowest BCUT2D eigenvalue weighted by Gasteiger charge is -2.32. The molecule has 138 valence electrons. The normalized spacial score (nSPS) is 24.3. The van der Waals surface area contributed by atoms with E-state index < -0.39 is 10.0 Å². The smallest absolute Gasteiger partial charge is 0.240 e. The Bertz CT molecular complexity index is 718. The number of carbonyl (C=O) groups is 1. The molecule has 1 amide bonds. The van der Waals surface area contributed by atoms with Crippen molar-refractivity contribution in [3.63, 3.8) is 0 Å². The van der Waals surface area contributed by atoms with Gasteiger partial charge in [0.25, 0.3) is 0 Å². The van der Waals surface area contributed by atoms with Crippen molar-refractivity contribution in [2.75, 3.05) is 33.7 Å². The van der Waals surface area contributed by atoms with Crippen molar-refractivity contribution in [3.8, 4) is 0 Å². The zero-order valence-electron chi connectivity index (χ0n) is 14.9. The van der Waals surface area contributed by atoms with E-state index in [2.05, 4.69) is 16.7 Å². The molecular formula is C18H27N3O3S. The van der Waals surface area contributed by atoms with Crippen LogP contribution in [0.15, 0.2) is 29.2 Å². The maximum atomic E-state index is 12.6. The van der Waals surface area contributed by atoms with E-state index in [0.717, 1.165) is 25.2 Å². The fourth-order valence-corrected chi connectivity index (χ4v) is 4.61. The molecule has 1 N–H and O–H groups in total. The Labute approximate surface area is 150 Å². The summed E-state index contributed by atoms with van der Waals surface area (Å²) in [6.07, 6.45) is 3.52. The highest BCUT2D eigenvalue weighted by Gasteiger charge is 2.34. The van der Waals surface area contributed by atoms with E-state index in [-0.39, 0.29) is 10.8 Å². The van der Waals surface area contributed by atoms with E-state index in [1.807, 2.05) is 4.90 Å². The lowest BCUT2D eigenvalue weighted by Crippen LogP contribution is -2.41. The third kappa shape index (κ3) is 4.22. The Balaban J connectivity index is 1.57. The van der Waals surface area contributed by atoms with E-state index in [0.29, 0.717) is 24.8 Å². The monoisotopic (exact) mass is 365 g/mol. The SMILES string of the molecule is CNS(=O)(=O)c1ccc(CCC(=O)N2CC3CCC(C2)N(C)C3)cc1. The van der Waals surface area contributed by atoms with Crippen LogP contribution >= 0.6 is 0 Å². The topological polar surface area (TPSA) is 69.7 Å². The van der Waals surface area contributed by atoms with Crippen LogP contribution in [0.5, 0.6) is 0 Å². The molecule has 0 aliphatic carbocycles. The lowest BCUT2D eigenvalue weighted by molar-refractivity contribution is -0.131. The van der Waals surface area contributed by atoms with E-state index in [1.54, 1.807) is 24.3 Å². The van der Waals surface area contributed by atoms with Crippen LogP contribution in [0.2, 0.25) is 0 Å². The average molecular weight is 365 g/mol. The number of rotatable bonds is 5. The molecule has 2 unspecified atom stereocenters. The second-order valence-electron chi connectivity index (χ2n) is 7.19. The Morgan fingerprint density at radius 3 is 2.52 bits per heavy atom. The summed E-state index contributed by atoms with van der Waals surface area (Å²) in [5.74, 6) is 0.804. The standard InChI is InChI=1S/C18H27N3O3S/c1-19-25(23,24)17-8-4-14(5-9-17)6-10-18(22)21-12-15-3-7-16(13-21)20(2)11-15/h4-5,8-9,15-16,19H,3,6-7,10-13H2,1-2H3. The molecular weight excluding hydrogens is 338 g/mol. The van der Waals surface area contributed by atoms with Crippen LogP contribution in [0.4, 0.5) is 0 Å². The highest BCUT2D eigenvalue weighted by molar-refractivity contribution is 7.89. The molecule has 0 saturated carbocycles. The van der Waals surface area contributed by atoms with Gasteiger partial charge in [0.1, 0.15) is 0 Å². The van der Waals surface area contributed by atoms with Crippen molar-refractivity contribution in [2.24, 2.45) is 5.92 Å². The quantitative estimate of drug-likeness (QED) is 0.848. The third-order valence-corrected chi connectivity index (χ3v) is 6.90. The number of benzene rings is 1.